The zero-order valence-electron chi connectivity index (χ0n) is 13.1. The molecule has 0 aliphatic heterocycles. The minimum absolute atomic E-state index is 0.0848. The van der Waals surface area contributed by atoms with Crippen molar-refractivity contribution >= 4 is 11.9 Å². The Hall–Kier alpha value is -2.56. The molecule has 5 heteroatoms. The fourth-order valence-electron chi connectivity index (χ4n) is 1.94. The maximum atomic E-state index is 12.0. The highest BCUT2D eigenvalue weighted by Gasteiger charge is 2.06. The van der Waals surface area contributed by atoms with Crippen LogP contribution in [-0.2, 0) is 7.05 Å². The first-order chi connectivity index (χ1) is 10.6. The van der Waals surface area contributed by atoms with E-state index in [1.54, 1.807) is 37.3 Å². The van der Waals surface area contributed by atoms with Crippen molar-refractivity contribution in [1.29, 1.82) is 0 Å². The van der Waals surface area contributed by atoms with E-state index in [1.165, 1.54) is 6.08 Å². The topological polar surface area (TPSA) is 53.3 Å². The Morgan fingerprint density at radius 2 is 2.18 bits per heavy atom. The van der Waals surface area contributed by atoms with Crippen molar-refractivity contribution in [2.24, 2.45) is 7.05 Å². The van der Waals surface area contributed by atoms with Gasteiger partial charge in [-0.3, -0.25) is 9.48 Å². The van der Waals surface area contributed by atoms with Crippen molar-refractivity contribution in [3.05, 3.63) is 47.8 Å². The molecule has 0 aliphatic rings. The Labute approximate surface area is 130 Å². The molecule has 22 heavy (non-hydrogen) atoms. The summed E-state index contributed by atoms with van der Waals surface area (Å²) >= 11 is 0. The summed E-state index contributed by atoms with van der Waals surface area (Å²) in [5, 5.41) is 3.99. The van der Waals surface area contributed by atoms with Gasteiger partial charge in [-0.25, -0.2) is 0 Å². The number of carbonyl (C=O) groups excluding carboxylic acids is 1. The van der Waals surface area contributed by atoms with E-state index >= 15 is 0 Å². The van der Waals surface area contributed by atoms with E-state index in [9.17, 15) is 4.79 Å². The van der Waals surface area contributed by atoms with Crippen LogP contribution < -0.4 is 9.47 Å². The molecule has 0 spiro atoms. The summed E-state index contributed by atoms with van der Waals surface area (Å²) in [7, 11) is 3.38. The Morgan fingerprint density at radius 3 is 2.82 bits per heavy atom. The van der Waals surface area contributed by atoms with Gasteiger partial charge in [0.1, 0.15) is 0 Å². The third-order valence-electron chi connectivity index (χ3n) is 3.07. The van der Waals surface area contributed by atoms with E-state index < -0.39 is 0 Å². The average molecular weight is 300 g/mol. The first kappa shape index (κ1) is 15.8. The van der Waals surface area contributed by atoms with Crippen molar-refractivity contribution in [1.82, 2.24) is 9.78 Å². The molecule has 0 N–H and O–H groups in total. The number of methoxy groups -OCH3 is 1. The minimum Gasteiger partial charge on any atom is -0.493 e. The van der Waals surface area contributed by atoms with E-state index in [-0.39, 0.29) is 5.78 Å². The fourth-order valence-corrected chi connectivity index (χ4v) is 1.94. The third-order valence-corrected chi connectivity index (χ3v) is 3.07. The molecular weight excluding hydrogens is 280 g/mol. The summed E-state index contributed by atoms with van der Waals surface area (Å²) in [5.74, 6) is 1.28. The number of hydrogen-bond acceptors (Lipinski definition) is 4. The molecule has 0 atom stereocenters. The Kier molecular flexibility index (Phi) is 5.36. The van der Waals surface area contributed by atoms with Crippen LogP contribution in [0.2, 0.25) is 0 Å². The fraction of sp³-hybridized carbons (Fsp3) is 0.294. The molecule has 0 fully saturated rings. The van der Waals surface area contributed by atoms with Crippen LogP contribution in [-0.4, -0.2) is 29.3 Å². The van der Waals surface area contributed by atoms with Crippen molar-refractivity contribution in [2.75, 3.05) is 13.7 Å². The molecule has 0 amide bonds. The Morgan fingerprint density at radius 1 is 1.36 bits per heavy atom. The van der Waals surface area contributed by atoms with Crippen molar-refractivity contribution in [3.8, 4) is 11.5 Å². The molecule has 1 aromatic heterocycles. The number of carbonyl (C=O) groups is 1. The molecule has 2 aromatic rings. The van der Waals surface area contributed by atoms with E-state index in [4.69, 9.17) is 9.47 Å². The van der Waals surface area contributed by atoms with Gasteiger partial charge in [0.25, 0.3) is 0 Å². The zero-order valence-corrected chi connectivity index (χ0v) is 13.1. The first-order valence-corrected chi connectivity index (χ1v) is 7.16. The standard InChI is InChI=1S/C17H20N2O3/c1-4-9-22-16-8-6-13(10-17(16)21-3)5-7-15(20)14-11-18-19(2)12-14/h5-8,10-12H,4,9H2,1-3H3. The molecule has 2 rings (SSSR count). The number of rotatable bonds is 7. The van der Waals surface area contributed by atoms with E-state index in [1.807, 2.05) is 25.1 Å². The zero-order chi connectivity index (χ0) is 15.9. The number of ketones is 1. The van der Waals surface area contributed by atoms with Gasteiger partial charge in [0.15, 0.2) is 17.3 Å². The normalized spacial score (nSPS) is 10.9. The van der Waals surface area contributed by atoms with E-state index in [0.717, 1.165) is 12.0 Å². The number of aromatic nitrogens is 2. The van der Waals surface area contributed by atoms with Crippen LogP contribution in [0.25, 0.3) is 6.08 Å². The van der Waals surface area contributed by atoms with Gasteiger partial charge in [-0.1, -0.05) is 19.1 Å². The summed E-state index contributed by atoms with van der Waals surface area (Å²) in [6.45, 7) is 2.69. The quantitative estimate of drug-likeness (QED) is 0.582. The molecule has 0 aliphatic carbocycles. The number of benzene rings is 1. The lowest BCUT2D eigenvalue weighted by atomic mass is 10.1. The molecule has 1 heterocycles. The SMILES string of the molecule is CCCOc1ccc(C=CC(=O)c2cnn(C)c2)cc1OC. The van der Waals surface area contributed by atoms with Gasteiger partial charge in [-0.15, -0.1) is 0 Å². The lowest BCUT2D eigenvalue weighted by Crippen LogP contribution is -1.98. The lowest BCUT2D eigenvalue weighted by molar-refractivity contribution is 0.104. The summed E-state index contributed by atoms with van der Waals surface area (Å²) in [6, 6.07) is 5.58. The molecular formula is C17H20N2O3. The number of ether oxygens (including phenoxy) is 2. The highest BCUT2D eigenvalue weighted by molar-refractivity contribution is 6.06. The lowest BCUT2D eigenvalue weighted by Gasteiger charge is -2.10. The maximum absolute atomic E-state index is 12.0. The molecule has 0 bridgehead atoms. The van der Waals surface area contributed by atoms with Crippen molar-refractivity contribution in [2.45, 2.75) is 13.3 Å². The van der Waals surface area contributed by atoms with E-state index in [0.29, 0.717) is 23.7 Å². The molecule has 0 saturated carbocycles. The second-order valence-corrected chi connectivity index (χ2v) is 4.86. The summed E-state index contributed by atoms with van der Waals surface area (Å²) in [5.41, 5.74) is 1.44. The van der Waals surface area contributed by atoms with Crippen LogP contribution in [0, 0.1) is 0 Å². The highest BCUT2D eigenvalue weighted by atomic mass is 16.5. The van der Waals surface area contributed by atoms with Gasteiger partial charge in [0, 0.05) is 13.2 Å². The molecule has 1 aromatic carbocycles. The molecule has 116 valence electrons. The second-order valence-electron chi connectivity index (χ2n) is 4.86. The maximum Gasteiger partial charge on any atom is 0.189 e. The van der Waals surface area contributed by atoms with E-state index in [2.05, 4.69) is 5.10 Å². The van der Waals surface area contributed by atoms with Crippen LogP contribution in [0.3, 0.4) is 0 Å². The van der Waals surface area contributed by atoms with Crippen LogP contribution in [0.1, 0.15) is 29.3 Å². The van der Waals surface area contributed by atoms with Crippen LogP contribution in [0.4, 0.5) is 0 Å². The number of allylic oxidation sites excluding steroid dienone is 1. The molecule has 5 nitrogen and oxygen atoms in total. The largest absolute Gasteiger partial charge is 0.493 e. The smallest absolute Gasteiger partial charge is 0.189 e. The third kappa shape index (κ3) is 3.97. The first-order valence-electron chi connectivity index (χ1n) is 7.16. The predicted octanol–water partition coefficient (Wildman–Crippen LogP) is 3.11. The van der Waals surface area contributed by atoms with Gasteiger partial charge in [0.05, 0.1) is 25.5 Å². The highest BCUT2D eigenvalue weighted by Crippen LogP contribution is 2.28. The Balaban J connectivity index is 2.12. The minimum atomic E-state index is -0.0848. The monoisotopic (exact) mass is 300 g/mol. The number of aryl methyl sites for hydroxylation is 1. The molecule has 0 saturated heterocycles. The van der Waals surface area contributed by atoms with Gasteiger partial charge in [-0.05, 0) is 30.2 Å². The number of hydrogen-bond donors (Lipinski definition) is 0. The van der Waals surface area contributed by atoms with Crippen LogP contribution in [0.5, 0.6) is 11.5 Å². The molecule has 0 unspecified atom stereocenters. The van der Waals surface area contributed by atoms with Gasteiger partial charge < -0.3 is 9.47 Å². The van der Waals surface area contributed by atoms with Crippen LogP contribution >= 0.6 is 0 Å². The predicted molar refractivity (Wildman–Crippen MR) is 85.4 cm³/mol. The number of nitrogens with zero attached hydrogens (tertiary/aromatic N) is 2. The Bertz CT molecular complexity index is 674. The average Bonchev–Trinajstić information content (AvgIpc) is 2.97. The van der Waals surface area contributed by atoms with Crippen molar-refractivity contribution in [3.63, 3.8) is 0 Å². The van der Waals surface area contributed by atoms with Gasteiger partial charge in [-0.2, -0.15) is 5.10 Å². The summed E-state index contributed by atoms with van der Waals surface area (Å²) < 4.78 is 12.5. The van der Waals surface area contributed by atoms with Gasteiger partial charge >= 0.3 is 0 Å². The van der Waals surface area contributed by atoms with Crippen LogP contribution in [0.15, 0.2) is 36.7 Å². The second kappa shape index (κ2) is 7.45. The van der Waals surface area contributed by atoms with Gasteiger partial charge in [0.2, 0.25) is 0 Å². The molecule has 0 radical (unpaired) electrons. The van der Waals surface area contributed by atoms with Crippen molar-refractivity contribution < 1.29 is 14.3 Å². The summed E-state index contributed by atoms with van der Waals surface area (Å²) in [6.07, 6.45) is 7.45. The summed E-state index contributed by atoms with van der Waals surface area (Å²) in [4.78, 5) is 12.0.